The second-order valence-corrected chi connectivity index (χ2v) is 4.31. The molecule has 0 bridgehead atoms. The summed E-state index contributed by atoms with van der Waals surface area (Å²) in [4.78, 5) is 13.9. The van der Waals surface area contributed by atoms with Gasteiger partial charge in [0.1, 0.15) is 0 Å². The standard InChI is InChI=1S/C13H18N2O2/c1-10-11(2)17-9-8-15(10)13(16)14-12-6-4-3-5-7-12/h3-7,10-11H,8-9H2,1-2H3,(H,14,16). The topological polar surface area (TPSA) is 41.6 Å². The van der Waals surface area contributed by atoms with Gasteiger partial charge < -0.3 is 15.0 Å². The summed E-state index contributed by atoms with van der Waals surface area (Å²) in [6.07, 6.45) is 0.0882. The maximum absolute atomic E-state index is 12.1. The molecule has 0 aliphatic carbocycles. The van der Waals surface area contributed by atoms with Gasteiger partial charge in [0, 0.05) is 12.2 Å². The SMILES string of the molecule is CC1OCCN(C(=O)Nc2ccccc2)C1C. The van der Waals surface area contributed by atoms with Crippen LogP contribution in [0.25, 0.3) is 0 Å². The number of anilines is 1. The molecule has 0 radical (unpaired) electrons. The molecule has 1 fully saturated rings. The minimum atomic E-state index is -0.0566. The van der Waals surface area contributed by atoms with Crippen LogP contribution in [0.1, 0.15) is 13.8 Å². The smallest absolute Gasteiger partial charge is 0.322 e. The van der Waals surface area contributed by atoms with Crippen molar-refractivity contribution < 1.29 is 9.53 Å². The van der Waals surface area contributed by atoms with Crippen LogP contribution < -0.4 is 5.32 Å². The maximum atomic E-state index is 12.1. The molecule has 0 saturated carbocycles. The number of hydrogen-bond donors (Lipinski definition) is 1. The van der Waals surface area contributed by atoms with Crippen LogP contribution >= 0.6 is 0 Å². The van der Waals surface area contributed by atoms with Crippen molar-refractivity contribution in [3.05, 3.63) is 30.3 Å². The van der Waals surface area contributed by atoms with E-state index in [9.17, 15) is 4.79 Å². The van der Waals surface area contributed by atoms with Gasteiger partial charge in [-0.1, -0.05) is 18.2 Å². The molecule has 17 heavy (non-hydrogen) atoms. The van der Waals surface area contributed by atoms with E-state index in [1.807, 2.05) is 49.1 Å². The zero-order valence-electron chi connectivity index (χ0n) is 10.2. The molecule has 0 spiro atoms. The minimum absolute atomic E-state index is 0.0566. The number of hydrogen-bond acceptors (Lipinski definition) is 2. The Bertz CT molecular complexity index is 380. The first-order valence-electron chi connectivity index (χ1n) is 5.93. The van der Waals surface area contributed by atoms with E-state index in [0.29, 0.717) is 13.2 Å². The molecule has 4 nitrogen and oxygen atoms in total. The molecule has 2 unspecified atom stereocenters. The van der Waals surface area contributed by atoms with Crippen LogP contribution in [-0.2, 0) is 4.74 Å². The van der Waals surface area contributed by atoms with Gasteiger partial charge in [-0.25, -0.2) is 4.79 Å². The number of para-hydroxylation sites is 1. The summed E-state index contributed by atoms with van der Waals surface area (Å²) in [6.45, 7) is 5.25. The lowest BCUT2D eigenvalue weighted by Crippen LogP contribution is -2.52. The summed E-state index contributed by atoms with van der Waals surface area (Å²) in [5.74, 6) is 0. The highest BCUT2D eigenvalue weighted by atomic mass is 16.5. The predicted octanol–water partition coefficient (Wildman–Crippen LogP) is 2.33. The molecule has 1 aliphatic heterocycles. The molecule has 2 rings (SSSR count). The lowest BCUT2D eigenvalue weighted by molar-refractivity contribution is -0.0355. The Balaban J connectivity index is 2.00. The van der Waals surface area contributed by atoms with E-state index >= 15 is 0 Å². The van der Waals surface area contributed by atoms with Crippen LogP contribution in [0, 0.1) is 0 Å². The summed E-state index contributed by atoms with van der Waals surface area (Å²) in [7, 11) is 0. The molecule has 4 heteroatoms. The molecule has 1 N–H and O–H groups in total. The van der Waals surface area contributed by atoms with E-state index in [2.05, 4.69) is 5.32 Å². The minimum Gasteiger partial charge on any atom is -0.375 e. The van der Waals surface area contributed by atoms with Gasteiger partial charge in [-0.15, -0.1) is 0 Å². The van der Waals surface area contributed by atoms with Crippen molar-refractivity contribution in [2.75, 3.05) is 18.5 Å². The van der Waals surface area contributed by atoms with Gasteiger partial charge in [0.05, 0.1) is 18.8 Å². The number of nitrogens with zero attached hydrogens (tertiary/aromatic N) is 1. The number of carbonyl (C=O) groups excluding carboxylic acids is 1. The first-order valence-corrected chi connectivity index (χ1v) is 5.93. The third kappa shape index (κ3) is 2.77. The van der Waals surface area contributed by atoms with E-state index < -0.39 is 0 Å². The molecule has 0 aromatic heterocycles. The zero-order chi connectivity index (χ0) is 12.3. The number of benzene rings is 1. The molecule has 1 aromatic carbocycles. The molecule has 1 aromatic rings. The maximum Gasteiger partial charge on any atom is 0.322 e. The third-order valence-corrected chi connectivity index (χ3v) is 3.17. The fraction of sp³-hybridized carbons (Fsp3) is 0.462. The Morgan fingerprint density at radius 1 is 1.35 bits per heavy atom. The fourth-order valence-corrected chi connectivity index (χ4v) is 1.94. The average molecular weight is 234 g/mol. The molecule has 92 valence electrons. The highest BCUT2D eigenvalue weighted by Gasteiger charge is 2.28. The average Bonchev–Trinajstić information content (AvgIpc) is 2.34. The number of urea groups is 1. The summed E-state index contributed by atoms with van der Waals surface area (Å²) in [5.41, 5.74) is 0.823. The number of morpholine rings is 1. The Labute approximate surface area is 102 Å². The van der Waals surface area contributed by atoms with E-state index in [1.54, 1.807) is 0 Å². The fourth-order valence-electron chi connectivity index (χ4n) is 1.94. The second kappa shape index (κ2) is 5.19. The molecule has 1 heterocycles. The first kappa shape index (κ1) is 11.9. The van der Waals surface area contributed by atoms with Gasteiger partial charge in [0.2, 0.25) is 0 Å². The largest absolute Gasteiger partial charge is 0.375 e. The van der Waals surface area contributed by atoms with Crippen molar-refractivity contribution in [3.63, 3.8) is 0 Å². The van der Waals surface area contributed by atoms with Crippen molar-refractivity contribution in [2.45, 2.75) is 26.0 Å². The van der Waals surface area contributed by atoms with Gasteiger partial charge in [0.15, 0.2) is 0 Å². The Morgan fingerprint density at radius 3 is 2.76 bits per heavy atom. The van der Waals surface area contributed by atoms with Crippen LogP contribution in [0.4, 0.5) is 10.5 Å². The summed E-state index contributed by atoms with van der Waals surface area (Å²) < 4.78 is 5.50. The highest BCUT2D eigenvalue weighted by Crippen LogP contribution is 2.15. The van der Waals surface area contributed by atoms with Crippen LogP contribution in [0.15, 0.2) is 30.3 Å². The third-order valence-electron chi connectivity index (χ3n) is 3.17. The molecule has 1 aliphatic rings. The van der Waals surface area contributed by atoms with Gasteiger partial charge in [0.25, 0.3) is 0 Å². The number of nitrogens with one attached hydrogen (secondary N) is 1. The monoisotopic (exact) mass is 234 g/mol. The summed E-state index contributed by atoms with van der Waals surface area (Å²) in [5, 5.41) is 2.89. The van der Waals surface area contributed by atoms with Crippen molar-refractivity contribution in [1.82, 2.24) is 4.90 Å². The summed E-state index contributed by atoms with van der Waals surface area (Å²) in [6, 6.07) is 9.54. The number of carbonyl (C=O) groups is 1. The molecular formula is C13H18N2O2. The van der Waals surface area contributed by atoms with Crippen molar-refractivity contribution in [1.29, 1.82) is 0 Å². The quantitative estimate of drug-likeness (QED) is 0.810. The number of amides is 2. The van der Waals surface area contributed by atoms with E-state index in [0.717, 1.165) is 5.69 Å². The highest BCUT2D eigenvalue weighted by molar-refractivity contribution is 5.89. The molecule has 2 amide bonds. The second-order valence-electron chi connectivity index (χ2n) is 4.31. The van der Waals surface area contributed by atoms with Crippen molar-refractivity contribution in [2.24, 2.45) is 0 Å². The van der Waals surface area contributed by atoms with Gasteiger partial charge >= 0.3 is 6.03 Å². The Morgan fingerprint density at radius 2 is 2.06 bits per heavy atom. The number of rotatable bonds is 1. The predicted molar refractivity (Wildman–Crippen MR) is 67.0 cm³/mol. The van der Waals surface area contributed by atoms with Crippen LogP contribution in [0.5, 0.6) is 0 Å². The van der Waals surface area contributed by atoms with Crippen LogP contribution in [-0.4, -0.2) is 36.2 Å². The lowest BCUT2D eigenvalue weighted by Gasteiger charge is -2.37. The zero-order valence-corrected chi connectivity index (χ0v) is 10.2. The normalized spacial score (nSPS) is 24.5. The van der Waals surface area contributed by atoms with E-state index in [-0.39, 0.29) is 18.2 Å². The molecule has 2 atom stereocenters. The van der Waals surface area contributed by atoms with Crippen LogP contribution in [0.2, 0.25) is 0 Å². The van der Waals surface area contributed by atoms with Gasteiger partial charge in [-0.3, -0.25) is 0 Å². The van der Waals surface area contributed by atoms with Crippen molar-refractivity contribution in [3.8, 4) is 0 Å². The van der Waals surface area contributed by atoms with Crippen LogP contribution in [0.3, 0.4) is 0 Å². The van der Waals surface area contributed by atoms with Gasteiger partial charge in [-0.05, 0) is 26.0 Å². The molecule has 1 saturated heterocycles. The summed E-state index contributed by atoms with van der Waals surface area (Å²) >= 11 is 0. The molecular weight excluding hydrogens is 216 g/mol. The van der Waals surface area contributed by atoms with Gasteiger partial charge in [-0.2, -0.15) is 0 Å². The Kier molecular flexibility index (Phi) is 3.64. The Hall–Kier alpha value is -1.55. The van der Waals surface area contributed by atoms with E-state index in [4.69, 9.17) is 4.74 Å². The lowest BCUT2D eigenvalue weighted by atomic mass is 10.1. The van der Waals surface area contributed by atoms with Crippen molar-refractivity contribution >= 4 is 11.7 Å². The van der Waals surface area contributed by atoms with E-state index in [1.165, 1.54) is 0 Å². The number of ether oxygens (including phenoxy) is 1. The first-order chi connectivity index (χ1) is 8.18.